The van der Waals surface area contributed by atoms with Crippen molar-refractivity contribution in [2.75, 3.05) is 40.8 Å². The molecule has 0 aromatic heterocycles. The molecule has 0 aromatic rings. The van der Waals surface area contributed by atoms with E-state index in [1.165, 1.54) is 58.2 Å². The summed E-state index contributed by atoms with van der Waals surface area (Å²) in [5, 5.41) is 3.57. The SMILES string of the molecule is CN(CC1(N(C)C)CCC1)C1CCCCNC1. The van der Waals surface area contributed by atoms with Crippen LogP contribution in [-0.4, -0.2) is 62.2 Å². The fourth-order valence-electron chi connectivity index (χ4n) is 3.30. The van der Waals surface area contributed by atoms with E-state index >= 15 is 0 Å². The maximum Gasteiger partial charge on any atom is 0.0330 e. The topological polar surface area (TPSA) is 18.5 Å². The zero-order valence-corrected chi connectivity index (χ0v) is 11.8. The molecular formula is C14H29N3. The normalized spacial score (nSPS) is 29.1. The van der Waals surface area contributed by atoms with Gasteiger partial charge in [-0.25, -0.2) is 0 Å². The van der Waals surface area contributed by atoms with Crippen molar-refractivity contribution in [1.29, 1.82) is 0 Å². The van der Waals surface area contributed by atoms with E-state index < -0.39 is 0 Å². The lowest BCUT2D eigenvalue weighted by Crippen LogP contribution is -2.58. The van der Waals surface area contributed by atoms with Gasteiger partial charge in [0.25, 0.3) is 0 Å². The molecule has 1 aliphatic carbocycles. The largest absolute Gasteiger partial charge is 0.315 e. The molecule has 0 amide bonds. The molecule has 1 unspecified atom stereocenters. The molecule has 1 saturated heterocycles. The lowest BCUT2D eigenvalue weighted by atomic mass is 9.75. The van der Waals surface area contributed by atoms with Gasteiger partial charge in [0.2, 0.25) is 0 Å². The average molecular weight is 239 g/mol. The maximum atomic E-state index is 3.57. The molecule has 2 aliphatic rings. The molecule has 1 aliphatic heterocycles. The number of nitrogens with zero attached hydrogens (tertiary/aromatic N) is 2. The minimum Gasteiger partial charge on any atom is -0.315 e. The van der Waals surface area contributed by atoms with Gasteiger partial charge in [0.15, 0.2) is 0 Å². The third kappa shape index (κ3) is 3.01. The highest BCUT2D eigenvalue weighted by Crippen LogP contribution is 2.37. The molecule has 100 valence electrons. The van der Waals surface area contributed by atoms with Gasteiger partial charge in [-0.2, -0.15) is 0 Å². The quantitative estimate of drug-likeness (QED) is 0.803. The second-order valence-corrected chi connectivity index (χ2v) is 6.24. The lowest BCUT2D eigenvalue weighted by Gasteiger charge is -2.50. The average Bonchev–Trinajstić information content (AvgIpc) is 2.50. The minimum absolute atomic E-state index is 0.473. The van der Waals surface area contributed by atoms with Crippen molar-refractivity contribution in [3.05, 3.63) is 0 Å². The Balaban J connectivity index is 1.88. The van der Waals surface area contributed by atoms with E-state index in [0.29, 0.717) is 5.54 Å². The Morgan fingerprint density at radius 2 is 1.88 bits per heavy atom. The van der Waals surface area contributed by atoms with Crippen LogP contribution < -0.4 is 5.32 Å². The van der Waals surface area contributed by atoms with E-state index in [9.17, 15) is 0 Å². The van der Waals surface area contributed by atoms with E-state index in [0.717, 1.165) is 6.04 Å². The van der Waals surface area contributed by atoms with Crippen molar-refractivity contribution in [3.8, 4) is 0 Å². The van der Waals surface area contributed by atoms with Gasteiger partial charge in [0.1, 0.15) is 0 Å². The molecular weight excluding hydrogens is 210 g/mol. The molecule has 1 heterocycles. The summed E-state index contributed by atoms with van der Waals surface area (Å²) >= 11 is 0. The van der Waals surface area contributed by atoms with Crippen molar-refractivity contribution in [2.24, 2.45) is 0 Å². The Bertz CT molecular complexity index is 228. The van der Waals surface area contributed by atoms with Crippen LogP contribution in [0.25, 0.3) is 0 Å². The molecule has 3 nitrogen and oxygen atoms in total. The number of nitrogens with one attached hydrogen (secondary N) is 1. The highest BCUT2D eigenvalue weighted by Gasteiger charge is 2.40. The molecule has 0 aromatic carbocycles. The number of hydrogen-bond donors (Lipinski definition) is 1. The number of likely N-dealkylation sites (N-methyl/N-ethyl adjacent to an activating group) is 2. The molecule has 0 radical (unpaired) electrons. The van der Waals surface area contributed by atoms with E-state index in [1.807, 2.05) is 0 Å². The summed E-state index contributed by atoms with van der Waals surface area (Å²) in [6.07, 6.45) is 8.27. The summed E-state index contributed by atoms with van der Waals surface area (Å²) in [6, 6.07) is 0.745. The smallest absolute Gasteiger partial charge is 0.0330 e. The van der Waals surface area contributed by atoms with Gasteiger partial charge in [-0.05, 0) is 59.8 Å². The monoisotopic (exact) mass is 239 g/mol. The molecule has 3 heteroatoms. The highest BCUT2D eigenvalue weighted by atomic mass is 15.2. The van der Waals surface area contributed by atoms with E-state index in [1.54, 1.807) is 0 Å². The standard InChI is InChI=1S/C14H29N3/c1-16(2)14(8-6-9-14)12-17(3)13-7-4-5-10-15-11-13/h13,15H,4-12H2,1-3H3. The number of hydrogen-bond acceptors (Lipinski definition) is 3. The Morgan fingerprint density at radius 1 is 1.12 bits per heavy atom. The van der Waals surface area contributed by atoms with Crippen LogP contribution in [0, 0.1) is 0 Å². The predicted molar refractivity (Wildman–Crippen MR) is 73.4 cm³/mol. The summed E-state index contributed by atoms with van der Waals surface area (Å²) in [5.74, 6) is 0. The molecule has 1 N–H and O–H groups in total. The minimum atomic E-state index is 0.473. The summed E-state index contributed by atoms with van der Waals surface area (Å²) in [6.45, 7) is 3.63. The van der Waals surface area contributed by atoms with E-state index in [-0.39, 0.29) is 0 Å². The summed E-state index contributed by atoms with van der Waals surface area (Å²) < 4.78 is 0. The zero-order chi connectivity index (χ0) is 12.3. The first-order valence-corrected chi connectivity index (χ1v) is 7.22. The summed E-state index contributed by atoms with van der Waals surface area (Å²) in [4.78, 5) is 5.06. The third-order valence-electron chi connectivity index (χ3n) is 4.92. The van der Waals surface area contributed by atoms with Gasteiger partial charge in [-0.3, -0.25) is 0 Å². The second-order valence-electron chi connectivity index (χ2n) is 6.24. The van der Waals surface area contributed by atoms with Crippen LogP contribution in [0.4, 0.5) is 0 Å². The van der Waals surface area contributed by atoms with Gasteiger partial charge < -0.3 is 15.1 Å². The van der Waals surface area contributed by atoms with Crippen molar-refractivity contribution in [2.45, 2.75) is 50.1 Å². The Hall–Kier alpha value is -0.120. The molecule has 2 fully saturated rings. The molecule has 2 rings (SSSR count). The van der Waals surface area contributed by atoms with Gasteiger partial charge in [-0.15, -0.1) is 0 Å². The van der Waals surface area contributed by atoms with Crippen LogP contribution in [0.2, 0.25) is 0 Å². The zero-order valence-electron chi connectivity index (χ0n) is 11.8. The van der Waals surface area contributed by atoms with Crippen molar-refractivity contribution in [3.63, 3.8) is 0 Å². The van der Waals surface area contributed by atoms with Crippen LogP contribution >= 0.6 is 0 Å². The lowest BCUT2D eigenvalue weighted by molar-refractivity contribution is 0.0156. The first kappa shape index (κ1) is 13.3. The Labute approximate surface area is 107 Å². The molecule has 0 bridgehead atoms. The van der Waals surface area contributed by atoms with Crippen LogP contribution in [-0.2, 0) is 0 Å². The summed E-state index contributed by atoms with van der Waals surface area (Å²) in [7, 11) is 6.82. The van der Waals surface area contributed by atoms with E-state index in [4.69, 9.17) is 0 Å². The fourth-order valence-corrected chi connectivity index (χ4v) is 3.30. The van der Waals surface area contributed by atoms with Crippen molar-refractivity contribution < 1.29 is 0 Å². The Morgan fingerprint density at radius 3 is 2.47 bits per heavy atom. The van der Waals surface area contributed by atoms with Crippen LogP contribution in [0.15, 0.2) is 0 Å². The molecule has 0 spiro atoms. The first-order valence-electron chi connectivity index (χ1n) is 7.22. The first-order chi connectivity index (χ1) is 8.14. The van der Waals surface area contributed by atoms with Crippen LogP contribution in [0.3, 0.4) is 0 Å². The van der Waals surface area contributed by atoms with Gasteiger partial charge in [-0.1, -0.05) is 6.42 Å². The van der Waals surface area contributed by atoms with Gasteiger partial charge >= 0.3 is 0 Å². The van der Waals surface area contributed by atoms with Gasteiger partial charge in [0.05, 0.1) is 0 Å². The molecule has 1 saturated carbocycles. The maximum absolute atomic E-state index is 3.57. The predicted octanol–water partition coefficient (Wildman–Crippen LogP) is 1.54. The highest BCUT2D eigenvalue weighted by molar-refractivity contribution is 4.98. The number of rotatable bonds is 4. The van der Waals surface area contributed by atoms with Gasteiger partial charge in [0, 0.05) is 24.7 Å². The third-order valence-corrected chi connectivity index (χ3v) is 4.92. The van der Waals surface area contributed by atoms with Crippen LogP contribution in [0.1, 0.15) is 38.5 Å². The molecule has 1 atom stereocenters. The second kappa shape index (κ2) is 5.68. The van der Waals surface area contributed by atoms with E-state index in [2.05, 4.69) is 36.3 Å². The van der Waals surface area contributed by atoms with Crippen molar-refractivity contribution >= 4 is 0 Å². The summed E-state index contributed by atoms with van der Waals surface area (Å²) in [5.41, 5.74) is 0.473. The fraction of sp³-hybridized carbons (Fsp3) is 1.00. The van der Waals surface area contributed by atoms with Crippen LogP contribution in [0.5, 0.6) is 0 Å². The Kier molecular flexibility index (Phi) is 4.45. The van der Waals surface area contributed by atoms with Crippen molar-refractivity contribution in [1.82, 2.24) is 15.1 Å². The molecule has 17 heavy (non-hydrogen) atoms.